The number of halogens is 1. The lowest BCUT2D eigenvalue weighted by molar-refractivity contribution is 0.246. The van der Waals surface area contributed by atoms with Crippen LogP contribution < -0.4 is 10.6 Å². The van der Waals surface area contributed by atoms with E-state index in [4.69, 9.17) is 0 Å². The second kappa shape index (κ2) is 2.26. The van der Waals surface area contributed by atoms with Gasteiger partial charge in [-0.3, -0.25) is 0 Å². The summed E-state index contributed by atoms with van der Waals surface area (Å²) in [4.78, 5) is 11.3. The van der Waals surface area contributed by atoms with Gasteiger partial charge in [-0.2, -0.15) is 0 Å². The van der Waals surface area contributed by atoms with E-state index < -0.39 is 0 Å². The number of fused-ring (bicyclic) bond motifs is 2. The van der Waals surface area contributed by atoms with Crippen molar-refractivity contribution in [3.05, 3.63) is 29.6 Å². The average molecular weight is 192 g/mol. The molecule has 0 bridgehead atoms. The standard InChI is InChI=1S/C10H9FN2O/c11-6-1-2-8-7(5-6)10(3-4-10)13-9(14)12-8/h1-2,5H,3-4H2,(H2,12,13,14). The van der Waals surface area contributed by atoms with Crippen LogP contribution in [-0.4, -0.2) is 6.03 Å². The first-order valence-corrected chi connectivity index (χ1v) is 4.59. The molecule has 0 saturated heterocycles. The number of nitrogens with one attached hydrogen (secondary N) is 2. The predicted octanol–water partition coefficient (Wildman–Crippen LogP) is 1.95. The first-order chi connectivity index (χ1) is 6.70. The van der Waals surface area contributed by atoms with Crippen molar-refractivity contribution in [3.8, 4) is 0 Å². The molecule has 1 aromatic rings. The third-order valence-corrected chi connectivity index (χ3v) is 2.85. The molecule has 0 unspecified atom stereocenters. The summed E-state index contributed by atoms with van der Waals surface area (Å²) >= 11 is 0. The second-order valence-electron chi connectivity index (χ2n) is 3.85. The molecule has 1 aliphatic heterocycles. The average Bonchev–Trinajstić information content (AvgIpc) is 2.88. The van der Waals surface area contributed by atoms with Gasteiger partial charge in [0.25, 0.3) is 0 Å². The number of anilines is 1. The van der Waals surface area contributed by atoms with Crippen LogP contribution in [0.2, 0.25) is 0 Å². The quantitative estimate of drug-likeness (QED) is 0.648. The highest BCUT2D eigenvalue weighted by molar-refractivity contribution is 5.94. The largest absolute Gasteiger partial charge is 0.328 e. The number of benzene rings is 1. The number of carbonyl (C=O) groups excluding carboxylic acids is 1. The number of urea groups is 1. The van der Waals surface area contributed by atoms with Crippen LogP contribution in [0.25, 0.3) is 0 Å². The summed E-state index contributed by atoms with van der Waals surface area (Å²) in [6.07, 6.45) is 1.80. The summed E-state index contributed by atoms with van der Waals surface area (Å²) in [6.45, 7) is 0. The minimum atomic E-state index is -0.278. The first kappa shape index (κ1) is 7.79. The van der Waals surface area contributed by atoms with Crippen LogP contribution in [0.1, 0.15) is 18.4 Å². The van der Waals surface area contributed by atoms with Gasteiger partial charge in [0.2, 0.25) is 0 Å². The van der Waals surface area contributed by atoms with Crippen LogP contribution in [-0.2, 0) is 5.54 Å². The van der Waals surface area contributed by atoms with Gasteiger partial charge >= 0.3 is 6.03 Å². The van der Waals surface area contributed by atoms with Gasteiger partial charge in [0, 0.05) is 11.3 Å². The summed E-state index contributed by atoms with van der Waals surface area (Å²) < 4.78 is 13.0. The van der Waals surface area contributed by atoms with Crippen molar-refractivity contribution < 1.29 is 9.18 Å². The highest BCUT2D eigenvalue weighted by Crippen LogP contribution is 2.50. The molecule has 14 heavy (non-hydrogen) atoms. The molecule has 1 heterocycles. The van der Waals surface area contributed by atoms with Crippen LogP contribution in [0.15, 0.2) is 18.2 Å². The van der Waals surface area contributed by atoms with E-state index in [2.05, 4.69) is 10.6 Å². The van der Waals surface area contributed by atoms with Crippen molar-refractivity contribution in [2.45, 2.75) is 18.4 Å². The molecule has 2 aliphatic rings. The Hall–Kier alpha value is -1.58. The molecule has 3 nitrogen and oxygen atoms in total. The normalized spacial score (nSPS) is 21.1. The topological polar surface area (TPSA) is 41.1 Å². The molecule has 72 valence electrons. The van der Waals surface area contributed by atoms with Crippen LogP contribution in [0.3, 0.4) is 0 Å². The number of hydrogen-bond donors (Lipinski definition) is 2. The van der Waals surface area contributed by atoms with E-state index in [1.54, 1.807) is 6.07 Å². The Labute approximate surface area is 80.3 Å². The van der Waals surface area contributed by atoms with Crippen molar-refractivity contribution in [3.63, 3.8) is 0 Å². The third kappa shape index (κ3) is 0.937. The van der Waals surface area contributed by atoms with E-state index in [9.17, 15) is 9.18 Å². The van der Waals surface area contributed by atoms with E-state index in [1.807, 2.05) is 0 Å². The molecule has 1 saturated carbocycles. The van der Waals surface area contributed by atoms with Crippen LogP contribution in [0.4, 0.5) is 14.9 Å². The van der Waals surface area contributed by atoms with Gasteiger partial charge in [-0.1, -0.05) is 0 Å². The van der Waals surface area contributed by atoms with Gasteiger partial charge < -0.3 is 10.6 Å². The van der Waals surface area contributed by atoms with Crippen molar-refractivity contribution >= 4 is 11.7 Å². The maximum atomic E-state index is 13.0. The fourth-order valence-corrected chi connectivity index (χ4v) is 1.98. The van der Waals surface area contributed by atoms with Crippen molar-refractivity contribution in [1.82, 2.24) is 5.32 Å². The lowest BCUT2D eigenvalue weighted by atomic mass is 10.0. The smallest absolute Gasteiger partial charge is 0.319 e. The van der Waals surface area contributed by atoms with E-state index >= 15 is 0 Å². The van der Waals surface area contributed by atoms with Crippen LogP contribution >= 0.6 is 0 Å². The van der Waals surface area contributed by atoms with Crippen molar-refractivity contribution in [2.24, 2.45) is 0 Å². The lowest BCUT2D eigenvalue weighted by Crippen LogP contribution is -2.43. The molecule has 0 atom stereocenters. The van der Waals surface area contributed by atoms with E-state index in [1.165, 1.54) is 12.1 Å². The van der Waals surface area contributed by atoms with Gasteiger partial charge in [0.05, 0.1) is 5.54 Å². The minimum absolute atomic E-state index is 0.193. The van der Waals surface area contributed by atoms with Gasteiger partial charge in [0.1, 0.15) is 5.82 Å². The summed E-state index contributed by atoms with van der Waals surface area (Å²) in [5, 5.41) is 5.50. The lowest BCUT2D eigenvalue weighted by Gasteiger charge is -2.27. The van der Waals surface area contributed by atoms with Gasteiger partial charge in [0.15, 0.2) is 0 Å². The van der Waals surface area contributed by atoms with Crippen LogP contribution in [0.5, 0.6) is 0 Å². The molecule has 3 rings (SSSR count). The molecular weight excluding hydrogens is 183 g/mol. The molecule has 1 aliphatic carbocycles. The molecular formula is C10H9FN2O. The number of hydrogen-bond acceptors (Lipinski definition) is 1. The second-order valence-corrected chi connectivity index (χ2v) is 3.85. The summed E-state index contributed by atoms with van der Waals surface area (Å²) in [5.74, 6) is -0.257. The Kier molecular flexibility index (Phi) is 1.26. The highest BCUT2D eigenvalue weighted by atomic mass is 19.1. The Morgan fingerprint density at radius 2 is 2.14 bits per heavy atom. The molecule has 1 fully saturated rings. The molecule has 0 radical (unpaired) electrons. The van der Waals surface area contributed by atoms with Gasteiger partial charge in [-0.15, -0.1) is 0 Å². The van der Waals surface area contributed by atoms with Crippen molar-refractivity contribution in [2.75, 3.05) is 5.32 Å². The fourth-order valence-electron chi connectivity index (χ4n) is 1.98. The maximum Gasteiger partial charge on any atom is 0.319 e. The van der Waals surface area contributed by atoms with E-state index in [0.29, 0.717) is 0 Å². The molecule has 2 amide bonds. The maximum absolute atomic E-state index is 13.0. The number of amides is 2. The zero-order valence-corrected chi connectivity index (χ0v) is 7.43. The molecule has 1 spiro atoms. The minimum Gasteiger partial charge on any atom is -0.328 e. The van der Waals surface area contributed by atoms with Crippen molar-refractivity contribution in [1.29, 1.82) is 0 Å². The van der Waals surface area contributed by atoms with Gasteiger partial charge in [-0.25, -0.2) is 9.18 Å². The summed E-state index contributed by atoms with van der Waals surface area (Å²) in [6, 6.07) is 4.28. The molecule has 0 aromatic heterocycles. The van der Waals surface area contributed by atoms with Gasteiger partial charge in [-0.05, 0) is 31.0 Å². The third-order valence-electron chi connectivity index (χ3n) is 2.85. The highest BCUT2D eigenvalue weighted by Gasteiger charge is 2.49. The fraction of sp³-hybridized carbons (Fsp3) is 0.300. The zero-order chi connectivity index (χ0) is 9.76. The first-order valence-electron chi connectivity index (χ1n) is 4.59. The molecule has 1 aromatic carbocycles. The van der Waals surface area contributed by atoms with E-state index in [0.717, 1.165) is 24.1 Å². The Morgan fingerprint density at radius 3 is 2.86 bits per heavy atom. The predicted molar refractivity (Wildman–Crippen MR) is 49.5 cm³/mol. The SMILES string of the molecule is O=C1Nc2ccc(F)cc2C2(CC2)N1. The van der Waals surface area contributed by atoms with E-state index in [-0.39, 0.29) is 17.4 Å². The molecule has 4 heteroatoms. The number of carbonyl (C=O) groups is 1. The molecule has 2 N–H and O–H groups in total. The zero-order valence-electron chi connectivity index (χ0n) is 7.43. The summed E-state index contributed by atoms with van der Waals surface area (Å²) in [5.41, 5.74) is 1.32. The Morgan fingerprint density at radius 1 is 1.36 bits per heavy atom. The monoisotopic (exact) mass is 192 g/mol. The summed E-state index contributed by atoms with van der Waals surface area (Å²) in [7, 11) is 0. The Bertz CT molecular complexity index is 426. The number of rotatable bonds is 0. The Balaban J connectivity index is 2.18. The van der Waals surface area contributed by atoms with Crippen LogP contribution in [0, 0.1) is 5.82 Å².